The second-order valence-electron chi connectivity index (χ2n) is 17.9. The maximum Gasteiger partial charge on any atom is 0.573 e. The second-order valence-corrected chi connectivity index (χ2v) is 17.9. The summed E-state index contributed by atoms with van der Waals surface area (Å²) in [6, 6.07) is 10.4. The number of methoxy groups -OCH3 is 1. The van der Waals surface area contributed by atoms with Gasteiger partial charge in [-0.3, -0.25) is 14.4 Å². The number of halogens is 4. The van der Waals surface area contributed by atoms with Gasteiger partial charge in [0.15, 0.2) is 11.6 Å². The van der Waals surface area contributed by atoms with Gasteiger partial charge in [0.2, 0.25) is 11.8 Å². The molecule has 348 valence electrons. The Morgan fingerprint density at radius 1 is 0.908 bits per heavy atom. The van der Waals surface area contributed by atoms with Crippen molar-refractivity contribution in [3.05, 3.63) is 78.1 Å². The normalized spacial score (nSPS) is 20.0. The molecular formula is C46H54F4N8O7. The van der Waals surface area contributed by atoms with E-state index in [1.807, 2.05) is 44.4 Å². The maximum absolute atomic E-state index is 16.1. The van der Waals surface area contributed by atoms with Gasteiger partial charge in [-0.2, -0.15) is 0 Å². The van der Waals surface area contributed by atoms with Crippen LogP contribution in [0.1, 0.15) is 76.1 Å². The summed E-state index contributed by atoms with van der Waals surface area (Å²) in [7, 11) is 1.24. The van der Waals surface area contributed by atoms with E-state index in [1.165, 1.54) is 31.5 Å². The number of piperazine rings is 1. The zero-order valence-corrected chi connectivity index (χ0v) is 37.1. The summed E-state index contributed by atoms with van der Waals surface area (Å²) in [4.78, 5) is 70.5. The number of carbonyl (C=O) groups excluding carboxylic acids is 4. The van der Waals surface area contributed by atoms with Crippen molar-refractivity contribution in [2.45, 2.75) is 78.4 Å². The highest BCUT2D eigenvalue weighted by atomic mass is 19.4. The summed E-state index contributed by atoms with van der Waals surface area (Å²) in [5, 5.41) is 5.25. The first-order valence-corrected chi connectivity index (χ1v) is 21.6. The molecule has 0 saturated carbocycles. The smallest absolute Gasteiger partial charge is 0.453 e. The molecule has 2 aromatic carbocycles. The summed E-state index contributed by atoms with van der Waals surface area (Å²) < 4.78 is 71.9. The number of nitrogens with zero attached hydrogens (tertiary/aromatic N) is 5. The van der Waals surface area contributed by atoms with E-state index in [9.17, 15) is 32.3 Å². The minimum Gasteiger partial charge on any atom is -0.453 e. The van der Waals surface area contributed by atoms with Crippen molar-refractivity contribution in [3.8, 4) is 28.1 Å². The fourth-order valence-electron chi connectivity index (χ4n) is 8.79. The first kappa shape index (κ1) is 46.7. The summed E-state index contributed by atoms with van der Waals surface area (Å²) in [5.74, 6) is -2.77. The van der Waals surface area contributed by atoms with Crippen LogP contribution in [-0.4, -0.2) is 114 Å². The summed E-state index contributed by atoms with van der Waals surface area (Å²) in [6.07, 6.45) is -1.22. The van der Waals surface area contributed by atoms with Crippen molar-refractivity contribution in [2.24, 2.45) is 17.3 Å². The third kappa shape index (κ3) is 10.7. The fourth-order valence-corrected chi connectivity index (χ4v) is 8.79. The van der Waals surface area contributed by atoms with Gasteiger partial charge in [-0.1, -0.05) is 52.0 Å². The number of H-pyrrole nitrogens is 1. The Hall–Kier alpha value is -6.24. The topological polar surface area (TPSA) is 171 Å². The van der Waals surface area contributed by atoms with E-state index < -0.39 is 53.0 Å². The van der Waals surface area contributed by atoms with Gasteiger partial charge in [-0.25, -0.2) is 19.2 Å². The third-order valence-corrected chi connectivity index (χ3v) is 12.1. The molecular weight excluding hydrogens is 853 g/mol. The van der Waals surface area contributed by atoms with Crippen molar-refractivity contribution in [1.29, 1.82) is 0 Å². The Bertz CT molecular complexity index is 2360. The molecule has 19 heteroatoms. The quantitative estimate of drug-likeness (QED) is 0.135. The number of carbonyl (C=O) groups is 4. The fraction of sp³-hybridized carbons (Fsp3) is 0.478. The predicted molar refractivity (Wildman–Crippen MR) is 232 cm³/mol. The minimum atomic E-state index is -5.29. The van der Waals surface area contributed by atoms with Crippen LogP contribution < -0.4 is 20.3 Å². The molecule has 4 atom stereocenters. The Kier molecular flexibility index (Phi) is 13.7. The number of hydrogen-bond donors (Lipinski definition) is 3. The number of amides is 4. The van der Waals surface area contributed by atoms with Gasteiger partial charge >= 0.3 is 12.5 Å². The lowest BCUT2D eigenvalue weighted by atomic mass is 9.90. The number of alkyl halides is 3. The van der Waals surface area contributed by atoms with Crippen molar-refractivity contribution < 1.29 is 51.0 Å². The molecule has 0 radical (unpaired) electrons. The van der Waals surface area contributed by atoms with E-state index in [4.69, 9.17) is 9.47 Å². The van der Waals surface area contributed by atoms with E-state index in [-0.39, 0.29) is 46.5 Å². The molecule has 0 spiro atoms. The number of pyridine rings is 1. The Morgan fingerprint density at radius 2 is 1.62 bits per heavy atom. The van der Waals surface area contributed by atoms with E-state index in [0.29, 0.717) is 81.6 Å². The lowest BCUT2D eigenvalue weighted by Crippen LogP contribution is -2.56. The lowest BCUT2D eigenvalue weighted by Gasteiger charge is -2.42. The number of rotatable bonds is 10. The molecule has 3 fully saturated rings. The van der Waals surface area contributed by atoms with Crippen LogP contribution in [0.3, 0.4) is 0 Å². The van der Waals surface area contributed by atoms with Crippen molar-refractivity contribution in [3.63, 3.8) is 0 Å². The van der Waals surface area contributed by atoms with E-state index in [1.54, 1.807) is 35.4 Å². The molecule has 0 bridgehead atoms. The van der Waals surface area contributed by atoms with Crippen molar-refractivity contribution in [1.82, 2.24) is 30.1 Å². The van der Waals surface area contributed by atoms with Gasteiger partial charge in [0.25, 0.3) is 5.91 Å². The number of aromatic nitrogens is 3. The number of hydrogen-bond acceptors (Lipinski definition) is 10. The number of nitrogens with one attached hydrogen (secondary N) is 3. The van der Waals surface area contributed by atoms with Gasteiger partial charge < -0.3 is 44.5 Å². The number of ether oxygens (including phenoxy) is 3. The average molecular weight is 907 g/mol. The van der Waals surface area contributed by atoms with Gasteiger partial charge in [0, 0.05) is 56.4 Å². The number of anilines is 2. The molecule has 15 nitrogen and oxygen atoms in total. The van der Waals surface area contributed by atoms with Gasteiger partial charge in [-0.15, -0.1) is 13.2 Å². The molecule has 4 aromatic rings. The van der Waals surface area contributed by atoms with Crippen LogP contribution in [-0.2, 0) is 19.1 Å². The molecule has 3 aliphatic rings. The Morgan fingerprint density at radius 3 is 2.25 bits per heavy atom. The number of alkyl carbamates (subject to hydrolysis) is 1. The zero-order chi connectivity index (χ0) is 46.8. The van der Waals surface area contributed by atoms with Gasteiger partial charge in [-0.05, 0) is 73.4 Å². The molecule has 2 aromatic heterocycles. The monoisotopic (exact) mass is 906 g/mol. The van der Waals surface area contributed by atoms with Crippen molar-refractivity contribution in [2.75, 3.05) is 56.7 Å². The van der Waals surface area contributed by atoms with E-state index in [0.717, 1.165) is 6.07 Å². The highest BCUT2D eigenvalue weighted by Crippen LogP contribution is 2.40. The summed E-state index contributed by atoms with van der Waals surface area (Å²) >= 11 is 0. The lowest BCUT2D eigenvalue weighted by molar-refractivity contribution is -0.275. The number of aromatic amines is 1. The van der Waals surface area contributed by atoms with Crippen LogP contribution >= 0.6 is 0 Å². The highest BCUT2D eigenvalue weighted by molar-refractivity contribution is 6.05. The molecule has 4 amide bonds. The van der Waals surface area contributed by atoms with Crippen LogP contribution in [0.15, 0.2) is 60.9 Å². The van der Waals surface area contributed by atoms with Crippen LogP contribution in [0.25, 0.3) is 22.4 Å². The maximum atomic E-state index is 16.1. The second kappa shape index (κ2) is 19.1. The first-order chi connectivity index (χ1) is 30.8. The summed E-state index contributed by atoms with van der Waals surface area (Å²) in [6.45, 7) is 12.6. The Labute approximate surface area is 374 Å². The molecule has 3 N–H and O–H groups in total. The standard InChI is InChI=1S/C46H54F4N8O7/c1-26-21-35(58(24-26)42(60)38(55-44(62)63-6)30-15-19-64-20-16-30)40-52-23-34(54-40)29-9-7-28(8-10-29)32-12-13-33(37(47)39(32)65-46(48,49)50)41(59)53-31-11-14-36(51-22-31)57-18-17-56(25-27(57)2)43(61)45(3,4)5/h7-14,22-23,26-27,30,35,38H,15-21,24-25H2,1-6H3,(H,52,54)(H,53,59)(H,55,62)/t26-,27+,35-,38?/m0/s1. The van der Waals surface area contributed by atoms with Gasteiger partial charge in [0.1, 0.15) is 17.7 Å². The van der Waals surface area contributed by atoms with Crippen LogP contribution in [0.4, 0.5) is 33.9 Å². The van der Waals surface area contributed by atoms with Crippen molar-refractivity contribution >= 4 is 35.3 Å². The van der Waals surface area contributed by atoms with Crippen LogP contribution in [0, 0.1) is 23.1 Å². The van der Waals surface area contributed by atoms with Crippen LogP contribution in [0.5, 0.6) is 5.75 Å². The molecule has 3 aliphatic heterocycles. The number of imidazole rings is 1. The minimum absolute atomic E-state index is 0.0475. The summed E-state index contributed by atoms with van der Waals surface area (Å²) in [5.41, 5.74) is 0.0912. The molecule has 1 unspecified atom stereocenters. The SMILES string of the molecule is COC(=O)NC(C(=O)N1C[C@@H](C)C[C@H]1c1ncc(-c2ccc(-c3ccc(C(=O)Nc4ccc(N5CCN(C(=O)C(C)(C)C)C[C@H]5C)nc4)c(F)c3OC(F)(F)F)cc2)[nH]1)C1CCOCC1. The largest absolute Gasteiger partial charge is 0.573 e. The van der Waals surface area contributed by atoms with E-state index >= 15 is 4.39 Å². The average Bonchev–Trinajstić information content (AvgIpc) is 3.93. The molecule has 0 aliphatic carbocycles. The zero-order valence-electron chi connectivity index (χ0n) is 37.1. The highest BCUT2D eigenvalue weighted by Gasteiger charge is 2.42. The molecule has 65 heavy (non-hydrogen) atoms. The number of likely N-dealkylation sites (tertiary alicyclic amines) is 1. The van der Waals surface area contributed by atoms with Gasteiger partial charge in [0.05, 0.1) is 42.5 Å². The first-order valence-electron chi connectivity index (χ1n) is 21.6. The Balaban J connectivity index is 1.05. The molecule has 3 saturated heterocycles. The molecule has 5 heterocycles. The molecule has 7 rings (SSSR count). The predicted octanol–water partition coefficient (Wildman–Crippen LogP) is 7.57. The van der Waals surface area contributed by atoms with E-state index in [2.05, 4.69) is 30.3 Å². The number of benzene rings is 2. The van der Waals surface area contributed by atoms with Crippen LogP contribution in [0.2, 0.25) is 0 Å². The third-order valence-electron chi connectivity index (χ3n) is 12.1.